The van der Waals surface area contributed by atoms with Crippen molar-refractivity contribution in [3.05, 3.63) is 112 Å². The molecule has 0 aromatic heterocycles. The highest BCUT2D eigenvalue weighted by molar-refractivity contribution is 8.26. The molecule has 1 saturated heterocycles. The number of benzene rings is 4. The number of nitrogens with zero attached hydrogens (tertiary/aromatic N) is 1. The van der Waals surface area contributed by atoms with Crippen LogP contribution in [-0.2, 0) is 11.4 Å². The highest BCUT2D eigenvalue weighted by atomic mass is 35.5. The van der Waals surface area contributed by atoms with E-state index in [1.807, 2.05) is 60.7 Å². The molecule has 190 valence electrons. The first-order chi connectivity index (χ1) is 18.4. The molecular weight excluding hydrogens is 540 g/mol. The largest absolute Gasteiger partial charge is 0.497 e. The fourth-order valence-corrected chi connectivity index (χ4v) is 5.18. The number of carbonyl (C=O) groups excluding carboxylic acids is 2. The summed E-state index contributed by atoms with van der Waals surface area (Å²) in [4.78, 5) is 26.4. The molecule has 4 aromatic rings. The molecule has 38 heavy (non-hydrogen) atoms. The number of thioether (sulfide) groups is 1. The lowest BCUT2D eigenvalue weighted by Crippen LogP contribution is -2.44. The summed E-state index contributed by atoms with van der Waals surface area (Å²) in [6, 6.07) is 25.7. The van der Waals surface area contributed by atoms with Crippen LogP contribution in [0.2, 0.25) is 5.02 Å². The van der Waals surface area contributed by atoms with Crippen molar-refractivity contribution >= 4 is 68.6 Å². The van der Waals surface area contributed by atoms with Crippen molar-refractivity contribution < 1.29 is 19.1 Å². The number of carbonyl (C=O) groups is 2. The summed E-state index contributed by atoms with van der Waals surface area (Å²) in [7, 11) is 1.55. The van der Waals surface area contributed by atoms with Gasteiger partial charge in [-0.25, -0.2) is 0 Å². The fourth-order valence-electron chi connectivity index (χ4n) is 3.90. The molecule has 1 aliphatic rings. The minimum absolute atomic E-state index is 0.229. The maximum absolute atomic E-state index is 13.3. The molecule has 5 rings (SSSR count). The Labute approximate surface area is 234 Å². The first kappa shape index (κ1) is 25.8. The van der Waals surface area contributed by atoms with Gasteiger partial charge in [0.15, 0.2) is 4.32 Å². The molecule has 2 amide bonds. The molecular formula is C29H21ClN2O4S2. The third-order valence-electron chi connectivity index (χ3n) is 5.87. The molecule has 0 spiro atoms. The van der Waals surface area contributed by atoms with E-state index in [4.69, 9.17) is 33.3 Å². The highest BCUT2D eigenvalue weighted by Crippen LogP contribution is 2.36. The molecule has 0 aliphatic carbocycles. The van der Waals surface area contributed by atoms with E-state index < -0.39 is 11.8 Å². The second kappa shape index (κ2) is 11.3. The molecule has 1 heterocycles. The molecule has 0 atom stereocenters. The molecule has 0 unspecified atom stereocenters. The third kappa shape index (κ3) is 5.52. The Morgan fingerprint density at radius 3 is 2.50 bits per heavy atom. The van der Waals surface area contributed by atoms with Crippen molar-refractivity contribution in [2.75, 3.05) is 7.11 Å². The quantitative estimate of drug-likeness (QED) is 0.202. The number of hydrogen-bond acceptors (Lipinski definition) is 6. The van der Waals surface area contributed by atoms with E-state index in [-0.39, 0.29) is 4.32 Å². The number of rotatable bonds is 7. The summed E-state index contributed by atoms with van der Waals surface area (Å²) in [5.41, 5.74) is 4.69. The minimum Gasteiger partial charge on any atom is -0.497 e. The summed E-state index contributed by atoms with van der Waals surface area (Å²) in [6.07, 6.45) is 1.76. The van der Waals surface area contributed by atoms with Gasteiger partial charge in [-0.3, -0.25) is 15.0 Å². The van der Waals surface area contributed by atoms with E-state index in [9.17, 15) is 9.59 Å². The van der Waals surface area contributed by atoms with E-state index in [0.29, 0.717) is 33.6 Å². The topological polar surface area (TPSA) is 67.9 Å². The van der Waals surface area contributed by atoms with E-state index in [0.717, 1.165) is 38.7 Å². The number of fused-ring (bicyclic) bond motifs is 1. The summed E-state index contributed by atoms with van der Waals surface area (Å²) in [5, 5.41) is 3.67. The monoisotopic (exact) mass is 560 g/mol. The first-order valence-electron chi connectivity index (χ1n) is 11.5. The van der Waals surface area contributed by atoms with E-state index in [1.54, 1.807) is 37.5 Å². The average molecular weight is 561 g/mol. The van der Waals surface area contributed by atoms with Gasteiger partial charge in [-0.15, -0.1) is 0 Å². The van der Waals surface area contributed by atoms with Crippen molar-refractivity contribution in [3.8, 4) is 11.5 Å². The van der Waals surface area contributed by atoms with E-state index >= 15 is 0 Å². The van der Waals surface area contributed by atoms with Crippen molar-refractivity contribution in [1.29, 1.82) is 0 Å². The van der Waals surface area contributed by atoms with Crippen LogP contribution >= 0.6 is 35.6 Å². The molecule has 0 radical (unpaired) electrons. The molecule has 1 aliphatic heterocycles. The summed E-state index contributed by atoms with van der Waals surface area (Å²) in [5.74, 6) is 0.367. The van der Waals surface area contributed by atoms with Crippen molar-refractivity contribution in [3.63, 3.8) is 0 Å². The molecule has 1 fully saturated rings. The van der Waals surface area contributed by atoms with Crippen LogP contribution in [0.3, 0.4) is 0 Å². The Morgan fingerprint density at radius 1 is 1.03 bits per heavy atom. The van der Waals surface area contributed by atoms with Crippen molar-refractivity contribution in [1.82, 2.24) is 10.4 Å². The van der Waals surface area contributed by atoms with Gasteiger partial charge < -0.3 is 9.47 Å². The Hall–Kier alpha value is -3.85. The van der Waals surface area contributed by atoms with Gasteiger partial charge in [0.1, 0.15) is 18.1 Å². The Morgan fingerprint density at radius 2 is 1.76 bits per heavy atom. The first-order valence-corrected chi connectivity index (χ1v) is 13.1. The van der Waals surface area contributed by atoms with Gasteiger partial charge in [0.05, 0.1) is 12.0 Å². The zero-order valence-electron chi connectivity index (χ0n) is 20.1. The summed E-state index contributed by atoms with van der Waals surface area (Å²) in [6.45, 7) is 0.329. The van der Waals surface area contributed by atoms with Crippen LogP contribution in [0.4, 0.5) is 0 Å². The predicted molar refractivity (Wildman–Crippen MR) is 155 cm³/mol. The van der Waals surface area contributed by atoms with Crippen LogP contribution < -0.4 is 14.9 Å². The number of halogens is 1. The zero-order chi connectivity index (χ0) is 26.6. The lowest BCUT2D eigenvalue weighted by atomic mass is 10.0. The second-order valence-electron chi connectivity index (χ2n) is 8.30. The maximum atomic E-state index is 13.3. The van der Waals surface area contributed by atoms with E-state index in [2.05, 4.69) is 5.43 Å². The Bertz CT molecular complexity index is 1570. The lowest BCUT2D eigenvalue weighted by Gasteiger charge is -2.16. The van der Waals surface area contributed by atoms with Crippen molar-refractivity contribution in [2.24, 2.45) is 0 Å². The smallest absolute Gasteiger partial charge is 0.285 e. The number of amides is 2. The standard InChI is InChI=1S/C29H21ClN2O4S2/c1-35-22-13-8-20(9-14-22)27(33)31-32-28(34)26(38-29(32)37)16-24-23-5-3-2-4-19(23)10-15-25(24)36-17-18-6-11-21(30)12-7-18/h2-16H,17H2,1H3,(H,31,33)/b26-16+. The molecule has 1 N–H and O–H groups in total. The van der Waals surface area contributed by atoms with Gasteiger partial charge in [0.25, 0.3) is 11.8 Å². The van der Waals surface area contributed by atoms with Gasteiger partial charge >= 0.3 is 0 Å². The number of hydrazine groups is 1. The summed E-state index contributed by atoms with van der Waals surface area (Å²) < 4.78 is 11.5. The van der Waals surface area contributed by atoms with Gasteiger partial charge in [-0.05, 0) is 77.1 Å². The fraction of sp³-hybridized carbons (Fsp3) is 0.0690. The SMILES string of the molecule is COc1ccc(C(=O)NN2C(=O)/C(=C\c3c(OCc4ccc(Cl)cc4)ccc4ccccc34)SC2=S)cc1. The van der Waals surface area contributed by atoms with Crippen LogP contribution in [0.25, 0.3) is 16.8 Å². The Balaban J connectivity index is 1.42. The minimum atomic E-state index is -0.456. The maximum Gasteiger partial charge on any atom is 0.285 e. The molecule has 4 aromatic carbocycles. The van der Waals surface area contributed by atoms with Crippen LogP contribution in [0.1, 0.15) is 21.5 Å². The van der Waals surface area contributed by atoms with Crippen LogP contribution in [0.5, 0.6) is 11.5 Å². The van der Waals surface area contributed by atoms with Crippen LogP contribution in [0.15, 0.2) is 89.8 Å². The molecule has 0 bridgehead atoms. The second-order valence-corrected chi connectivity index (χ2v) is 10.4. The summed E-state index contributed by atoms with van der Waals surface area (Å²) >= 11 is 12.5. The average Bonchev–Trinajstić information content (AvgIpc) is 3.20. The molecule has 9 heteroatoms. The van der Waals surface area contributed by atoms with Gasteiger partial charge in [0.2, 0.25) is 0 Å². The molecule has 0 saturated carbocycles. The number of nitrogens with one attached hydrogen (secondary N) is 1. The van der Waals surface area contributed by atoms with Gasteiger partial charge in [-0.2, -0.15) is 5.01 Å². The van der Waals surface area contributed by atoms with Crippen molar-refractivity contribution in [2.45, 2.75) is 6.61 Å². The zero-order valence-corrected chi connectivity index (χ0v) is 22.5. The van der Waals surface area contributed by atoms with Gasteiger partial charge in [0, 0.05) is 16.1 Å². The normalized spacial score (nSPS) is 14.3. The number of methoxy groups -OCH3 is 1. The number of thiocarbonyl (C=S) groups is 1. The number of ether oxygens (including phenoxy) is 2. The highest BCUT2D eigenvalue weighted by Gasteiger charge is 2.34. The molecule has 6 nitrogen and oxygen atoms in total. The third-order valence-corrected chi connectivity index (χ3v) is 7.43. The lowest BCUT2D eigenvalue weighted by molar-refractivity contribution is -0.123. The van der Waals surface area contributed by atoms with Crippen LogP contribution in [0, 0.1) is 0 Å². The van der Waals surface area contributed by atoms with E-state index in [1.165, 1.54) is 0 Å². The van der Waals surface area contributed by atoms with Crippen LogP contribution in [-0.4, -0.2) is 28.3 Å². The Kier molecular flexibility index (Phi) is 7.64. The van der Waals surface area contributed by atoms with Gasteiger partial charge in [-0.1, -0.05) is 65.8 Å². The predicted octanol–water partition coefficient (Wildman–Crippen LogP) is 6.63. The number of hydrogen-bond donors (Lipinski definition) is 1.